The molecule has 0 fully saturated rings. The Balaban J connectivity index is 2.05. The Kier molecular flexibility index (Phi) is 5.01. The number of benzene rings is 1. The monoisotopic (exact) mass is 319 g/mol. The van der Waals surface area contributed by atoms with E-state index in [9.17, 15) is 9.59 Å². The minimum Gasteiger partial charge on any atom is -0.465 e. The van der Waals surface area contributed by atoms with Crippen molar-refractivity contribution in [3.63, 3.8) is 0 Å². The normalized spacial score (nSPS) is 10.7. The van der Waals surface area contributed by atoms with Crippen LogP contribution in [-0.2, 0) is 9.53 Å². The fourth-order valence-corrected chi connectivity index (χ4v) is 2.00. The van der Waals surface area contributed by atoms with Gasteiger partial charge in [-0.15, -0.1) is 0 Å². The van der Waals surface area contributed by atoms with E-state index in [-0.39, 0.29) is 5.91 Å². The summed E-state index contributed by atoms with van der Waals surface area (Å²) in [7, 11) is 1.29. The maximum Gasteiger partial charge on any atom is 0.341 e. The highest BCUT2D eigenvalue weighted by molar-refractivity contribution is 6.30. The average Bonchev–Trinajstić information content (AvgIpc) is 2.85. The molecule has 114 valence electrons. The van der Waals surface area contributed by atoms with Crippen molar-refractivity contribution >= 4 is 35.2 Å². The molecule has 0 saturated heterocycles. The summed E-state index contributed by atoms with van der Waals surface area (Å²) in [5.74, 6) is 0.00103. The number of hydrogen-bond acceptors (Lipinski definition) is 4. The van der Waals surface area contributed by atoms with Crippen LogP contribution in [0.2, 0.25) is 5.02 Å². The number of carbonyl (C=O) groups is 2. The van der Waals surface area contributed by atoms with E-state index >= 15 is 0 Å². The summed E-state index contributed by atoms with van der Waals surface area (Å²) >= 11 is 5.84. The van der Waals surface area contributed by atoms with Crippen LogP contribution in [0.5, 0.6) is 0 Å². The summed E-state index contributed by atoms with van der Waals surface area (Å²) in [4.78, 5) is 23.3. The molecule has 2 rings (SSSR count). The third-order valence-corrected chi connectivity index (χ3v) is 3.07. The summed E-state index contributed by atoms with van der Waals surface area (Å²) in [6.07, 6.45) is 2.78. The third-order valence-electron chi connectivity index (χ3n) is 2.83. The number of hydrogen-bond donors (Lipinski definition) is 1. The highest BCUT2D eigenvalue weighted by Gasteiger charge is 2.14. The molecule has 6 heteroatoms. The van der Waals surface area contributed by atoms with Gasteiger partial charge in [0.05, 0.1) is 7.11 Å². The molecule has 5 nitrogen and oxygen atoms in total. The smallest absolute Gasteiger partial charge is 0.341 e. The number of methoxy groups -OCH3 is 1. The first-order chi connectivity index (χ1) is 10.5. The van der Waals surface area contributed by atoms with E-state index in [0.717, 1.165) is 0 Å². The van der Waals surface area contributed by atoms with E-state index in [1.807, 2.05) is 0 Å². The van der Waals surface area contributed by atoms with Crippen LogP contribution in [0.25, 0.3) is 6.08 Å². The lowest BCUT2D eigenvalue weighted by Crippen LogP contribution is -2.07. The zero-order chi connectivity index (χ0) is 16.1. The summed E-state index contributed by atoms with van der Waals surface area (Å²) in [6.45, 7) is 1.65. The predicted octanol–water partition coefficient (Wildman–Crippen LogP) is 3.68. The summed E-state index contributed by atoms with van der Waals surface area (Å²) in [6, 6.07) is 8.33. The Bertz CT molecular complexity index is 733. The van der Waals surface area contributed by atoms with Crippen LogP contribution in [0.4, 0.5) is 5.69 Å². The zero-order valence-electron chi connectivity index (χ0n) is 12.1. The van der Waals surface area contributed by atoms with Gasteiger partial charge in [-0.05, 0) is 37.3 Å². The number of ether oxygens (including phenoxy) is 1. The number of rotatable bonds is 4. The van der Waals surface area contributed by atoms with Crippen LogP contribution in [-0.4, -0.2) is 19.0 Å². The van der Waals surface area contributed by atoms with Crippen molar-refractivity contribution in [3.05, 3.63) is 58.5 Å². The molecular formula is C16H14ClNO4. The summed E-state index contributed by atoms with van der Waals surface area (Å²) in [5.41, 5.74) is 0.922. The number of nitrogens with one attached hydrogen (secondary N) is 1. The molecule has 22 heavy (non-hydrogen) atoms. The molecule has 2 aromatic rings. The summed E-state index contributed by atoms with van der Waals surface area (Å²) < 4.78 is 10.0. The molecule has 0 bridgehead atoms. The molecule has 0 unspecified atom stereocenters. The maximum atomic E-state index is 11.8. The molecule has 0 spiro atoms. The van der Waals surface area contributed by atoms with Gasteiger partial charge in [-0.2, -0.15) is 0 Å². The van der Waals surface area contributed by atoms with Gasteiger partial charge in [0.1, 0.15) is 17.1 Å². The predicted molar refractivity (Wildman–Crippen MR) is 83.9 cm³/mol. The van der Waals surface area contributed by atoms with E-state index in [0.29, 0.717) is 27.8 Å². The van der Waals surface area contributed by atoms with Crippen molar-refractivity contribution in [2.45, 2.75) is 6.92 Å². The fourth-order valence-electron chi connectivity index (χ4n) is 1.81. The number of amides is 1. The van der Waals surface area contributed by atoms with Gasteiger partial charge in [0.25, 0.3) is 0 Å². The van der Waals surface area contributed by atoms with Crippen molar-refractivity contribution in [2.24, 2.45) is 0 Å². The lowest BCUT2D eigenvalue weighted by molar-refractivity contribution is -0.111. The van der Waals surface area contributed by atoms with E-state index in [2.05, 4.69) is 10.1 Å². The Morgan fingerprint density at radius 2 is 2.09 bits per heavy atom. The van der Waals surface area contributed by atoms with Crippen molar-refractivity contribution in [1.82, 2.24) is 0 Å². The molecule has 1 amide bonds. The number of halogens is 1. The molecule has 0 aliphatic carbocycles. The summed E-state index contributed by atoms with van der Waals surface area (Å²) in [5, 5.41) is 3.20. The number of carbonyl (C=O) groups excluding carboxylic acids is 2. The molecule has 1 N–H and O–H groups in total. The van der Waals surface area contributed by atoms with Crippen molar-refractivity contribution in [2.75, 3.05) is 12.4 Å². The molecule has 0 atom stereocenters. The lowest BCUT2D eigenvalue weighted by Gasteiger charge is -2.01. The number of furan rings is 1. The van der Waals surface area contributed by atoms with Crippen LogP contribution >= 0.6 is 11.6 Å². The van der Waals surface area contributed by atoms with Crippen LogP contribution in [0.15, 0.2) is 40.8 Å². The SMILES string of the molecule is COC(=O)c1cc(/C=C/C(=O)Nc2cccc(Cl)c2)oc1C. The van der Waals surface area contributed by atoms with Gasteiger partial charge in [-0.25, -0.2) is 4.79 Å². The fraction of sp³-hybridized carbons (Fsp3) is 0.125. The minimum absolute atomic E-state index is 0.331. The molecule has 0 saturated carbocycles. The van der Waals surface area contributed by atoms with Crippen LogP contribution in [0.1, 0.15) is 21.9 Å². The molecule has 0 aliphatic heterocycles. The first-order valence-corrected chi connectivity index (χ1v) is 6.81. The van der Waals surface area contributed by atoms with Gasteiger partial charge in [-0.1, -0.05) is 17.7 Å². The van der Waals surface area contributed by atoms with Gasteiger partial charge >= 0.3 is 5.97 Å². The second-order valence-corrected chi connectivity index (χ2v) is 4.88. The van der Waals surface area contributed by atoms with Gasteiger partial charge in [0.2, 0.25) is 5.91 Å². The quantitative estimate of drug-likeness (QED) is 0.689. The van der Waals surface area contributed by atoms with Crippen molar-refractivity contribution in [1.29, 1.82) is 0 Å². The molecule has 0 aliphatic rings. The number of anilines is 1. The van der Waals surface area contributed by atoms with E-state index < -0.39 is 5.97 Å². The molecule has 1 aromatic heterocycles. The van der Waals surface area contributed by atoms with Gasteiger partial charge in [0, 0.05) is 16.8 Å². The Labute approximate surface area is 132 Å². The highest BCUT2D eigenvalue weighted by atomic mass is 35.5. The maximum absolute atomic E-state index is 11.8. The van der Waals surface area contributed by atoms with E-state index in [1.165, 1.54) is 25.3 Å². The largest absolute Gasteiger partial charge is 0.465 e. The topological polar surface area (TPSA) is 68.5 Å². The lowest BCUT2D eigenvalue weighted by atomic mass is 10.2. The van der Waals surface area contributed by atoms with Gasteiger partial charge in [0.15, 0.2) is 0 Å². The van der Waals surface area contributed by atoms with Gasteiger partial charge in [-0.3, -0.25) is 4.79 Å². The molecule has 1 heterocycles. The number of aryl methyl sites for hydroxylation is 1. The Hall–Kier alpha value is -2.53. The van der Waals surface area contributed by atoms with E-state index in [4.69, 9.17) is 16.0 Å². The molecular weight excluding hydrogens is 306 g/mol. The minimum atomic E-state index is -0.482. The zero-order valence-corrected chi connectivity index (χ0v) is 12.8. The first kappa shape index (κ1) is 15.9. The second kappa shape index (κ2) is 6.95. The van der Waals surface area contributed by atoms with Crippen LogP contribution in [0.3, 0.4) is 0 Å². The first-order valence-electron chi connectivity index (χ1n) is 6.43. The van der Waals surface area contributed by atoms with Crippen molar-refractivity contribution < 1.29 is 18.7 Å². The number of esters is 1. The Morgan fingerprint density at radius 3 is 2.77 bits per heavy atom. The second-order valence-electron chi connectivity index (χ2n) is 4.44. The van der Waals surface area contributed by atoms with Crippen LogP contribution < -0.4 is 5.32 Å². The standard InChI is InChI=1S/C16H14ClNO4/c1-10-14(16(20)21-2)9-13(22-10)6-7-15(19)18-12-5-3-4-11(17)8-12/h3-9H,1-2H3,(H,18,19)/b7-6+. The Morgan fingerprint density at radius 1 is 1.32 bits per heavy atom. The average molecular weight is 320 g/mol. The molecule has 0 radical (unpaired) electrons. The van der Waals surface area contributed by atoms with E-state index in [1.54, 1.807) is 31.2 Å². The highest BCUT2D eigenvalue weighted by Crippen LogP contribution is 2.17. The molecule has 1 aromatic carbocycles. The van der Waals surface area contributed by atoms with Gasteiger partial charge < -0.3 is 14.5 Å². The third kappa shape index (κ3) is 3.99. The van der Waals surface area contributed by atoms with Crippen LogP contribution in [0, 0.1) is 6.92 Å². The van der Waals surface area contributed by atoms with Crippen molar-refractivity contribution in [3.8, 4) is 0 Å².